The summed E-state index contributed by atoms with van der Waals surface area (Å²) >= 11 is 0. The maximum atomic E-state index is 15.2. The minimum absolute atomic E-state index is 0.00851. The van der Waals surface area contributed by atoms with E-state index in [0.717, 1.165) is 61.5 Å². The summed E-state index contributed by atoms with van der Waals surface area (Å²) in [6.45, 7) is 7.41. The zero-order valence-electron chi connectivity index (χ0n) is 25.9. The summed E-state index contributed by atoms with van der Waals surface area (Å²) in [5, 5.41) is 13.0. The van der Waals surface area contributed by atoms with Crippen molar-refractivity contribution in [3.8, 4) is 5.75 Å². The number of piperazine rings is 1. The number of halogens is 1. The van der Waals surface area contributed by atoms with Crippen LogP contribution in [0.3, 0.4) is 0 Å². The van der Waals surface area contributed by atoms with Gasteiger partial charge in [-0.25, -0.2) is 4.39 Å². The van der Waals surface area contributed by atoms with Gasteiger partial charge in [0.25, 0.3) is 5.91 Å². The SMILES string of the molecule is C[C@@H](N)c1cccc(OCCCCCCOCCN2CCN(c3cc4c(cc3F)C(O)N(C3CCC(=O)NC3=O)C4=O)CC2)c1. The van der Waals surface area contributed by atoms with Crippen LogP contribution in [0, 0.1) is 5.82 Å². The molecule has 2 fully saturated rings. The number of hydrogen-bond donors (Lipinski definition) is 3. The van der Waals surface area contributed by atoms with Gasteiger partial charge in [0.1, 0.15) is 17.6 Å². The number of aliphatic hydroxyl groups is 1. The molecule has 45 heavy (non-hydrogen) atoms. The molecule has 4 N–H and O–H groups in total. The Morgan fingerprint density at radius 3 is 2.51 bits per heavy atom. The number of ether oxygens (including phenoxy) is 2. The Labute approximate surface area is 263 Å². The quantitative estimate of drug-likeness (QED) is 0.214. The van der Waals surface area contributed by atoms with Crippen molar-refractivity contribution < 1.29 is 33.4 Å². The summed E-state index contributed by atoms with van der Waals surface area (Å²) in [5.74, 6) is -1.25. The lowest BCUT2D eigenvalue weighted by atomic mass is 10.0. The lowest BCUT2D eigenvalue weighted by Gasteiger charge is -2.36. The zero-order valence-corrected chi connectivity index (χ0v) is 25.9. The summed E-state index contributed by atoms with van der Waals surface area (Å²) in [6.07, 6.45) is 2.89. The van der Waals surface area contributed by atoms with Crippen molar-refractivity contribution in [1.82, 2.24) is 15.1 Å². The highest BCUT2D eigenvalue weighted by molar-refractivity contribution is 6.06. The molecule has 0 aliphatic carbocycles. The molecule has 3 amide bonds. The Morgan fingerprint density at radius 2 is 1.78 bits per heavy atom. The van der Waals surface area contributed by atoms with Gasteiger partial charge < -0.3 is 25.2 Å². The third-order valence-electron chi connectivity index (χ3n) is 8.77. The van der Waals surface area contributed by atoms with Gasteiger partial charge in [0.15, 0.2) is 6.23 Å². The highest BCUT2D eigenvalue weighted by Crippen LogP contribution is 2.38. The number of imide groups is 1. The Kier molecular flexibility index (Phi) is 11.0. The highest BCUT2D eigenvalue weighted by atomic mass is 19.1. The van der Waals surface area contributed by atoms with Crippen molar-refractivity contribution in [2.24, 2.45) is 5.73 Å². The second-order valence-electron chi connectivity index (χ2n) is 12.0. The first-order valence-electron chi connectivity index (χ1n) is 15.9. The van der Waals surface area contributed by atoms with Crippen LogP contribution in [-0.2, 0) is 14.3 Å². The number of carbonyl (C=O) groups excluding carboxylic acids is 3. The molecule has 12 heteroatoms. The van der Waals surface area contributed by atoms with Crippen LogP contribution >= 0.6 is 0 Å². The van der Waals surface area contributed by atoms with E-state index in [1.54, 1.807) is 0 Å². The standard InChI is InChI=1S/C33H44FN5O6/c1-22(35)23-7-6-8-24(19-23)45-17-5-3-2-4-16-44-18-15-37-11-13-38(14-12-37)29-21-26-25(20-27(29)34)32(42)39(33(26)43)28-9-10-30(40)36-31(28)41/h6-8,19-22,28,32,42H,2-5,9-18,35H2,1H3,(H,36,40,41)/t22-,28?,32?/m1/s1. The second-order valence-corrected chi connectivity index (χ2v) is 12.0. The summed E-state index contributed by atoms with van der Waals surface area (Å²) < 4.78 is 26.9. The number of piperidine rings is 1. The number of carbonyl (C=O) groups is 3. The van der Waals surface area contributed by atoms with Crippen LogP contribution < -0.4 is 20.7 Å². The molecular weight excluding hydrogens is 581 g/mol. The number of benzene rings is 2. The number of rotatable bonds is 14. The number of aliphatic hydroxyl groups excluding tert-OH is 1. The topological polar surface area (TPSA) is 138 Å². The number of nitrogens with one attached hydrogen (secondary N) is 1. The Bertz CT molecular complexity index is 1370. The van der Waals surface area contributed by atoms with Crippen LogP contribution in [0.15, 0.2) is 36.4 Å². The fourth-order valence-electron chi connectivity index (χ4n) is 6.12. The number of unbranched alkanes of at least 4 members (excludes halogenated alkanes) is 3. The Hall–Kier alpha value is -3.58. The summed E-state index contributed by atoms with van der Waals surface area (Å²) in [4.78, 5) is 42.3. The van der Waals surface area contributed by atoms with E-state index in [-0.39, 0.29) is 30.0 Å². The molecule has 0 spiro atoms. The number of amides is 3. The van der Waals surface area contributed by atoms with Crippen LogP contribution in [0.5, 0.6) is 5.75 Å². The molecule has 2 saturated heterocycles. The predicted octanol–water partition coefficient (Wildman–Crippen LogP) is 2.88. The van der Waals surface area contributed by atoms with E-state index in [2.05, 4.69) is 10.2 Å². The van der Waals surface area contributed by atoms with E-state index in [1.807, 2.05) is 36.1 Å². The van der Waals surface area contributed by atoms with Gasteiger partial charge in [0, 0.05) is 62.9 Å². The fourth-order valence-corrected chi connectivity index (χ4v) is 6.12. The molecule has 5 rings (SSSR count). The van der Waals surface area contributed by atoms with Crippen LogP contribution in [0.1, 0.15) is 79.2 Å². The molecule has 11 nitrogen and oxygen atoms in total. The van der Waals surface area contributed by atoms with E-state index in [0.29, 0.717) is 38.6 Å². The first-order chi connectivity index (χ1) is 21.7. The smallest absolute Gasteiger partial charge is 0.257 e. The second kappa shape index (κ2) is 15.1. The number of anilines is 1. The number of nitrogens with zero attached hydrogens (tertiary/aromatic N) is 3. The fraction of sp³-hybridized carbons (Fsp3) is 0.545. The van der Waals surface area contributed by atoms with E-state index < -0.39 is 35.8 Å². The summed E-state index contributed by atoms with van der Waals surface area (Å²) in [7, 11) is 0. The van der Waals surface area contributed by atoms with E-state index in [1.165, 1.54) is 12.1 Å². The first-order valence-corrected chi connectivity index (χ1v) is 15.9. The van der Waals surface area contributed by atoms with Crippen LogP contribution in [-0.4, -0.2) is 91.2 Å². The van der Waals surface area contributed by atoms with Gasteiger partial charge in [-0.1, -0.05) is 18.6 Å². The molecule has 2 aromatic rings. The molecule has 0 aromatic heterocycles. The van der Waals surface area contributed by atoms with Crippen molar-refractivity contribution in [2.45, 2.75) is 63.8 Å². The molecule has 0 radical (unpaired) electrons. The Balaban J connectivity index is 0.978. The number of nitrogens with two attached hydrogens (primary N) is 1. The molecular formula is C33H44FN5O6. The molecule has 2 aromatic carbocycles. The predicted molar refractivity (Wildman–Crippen MR) is 166 cm³/mol. The van der Waals surface area contributed by atoms with Gasteiger partial charge >= 0.3 is 0 Å². The maximum absolute atomic E-state index is 15.2. The lowest BCUT2D eigenvalue weighted by Crippen LogP contribution is -2.53. The molecule has 0 bridgehead atoms. The van der Waals surface area contributed by atoms with Gasteiger partial charge in [-0.15, -0.1) is 0 Å². The molecule has 3 atom stereocenters. The van der Waals surface area contributed by atoms with Gasteiger partial charge in [-0.2, -0.15) is 0 Å². The molecule has 3 aliphatic rings. The molecule has 0 saturated carbocycles. The zero-order chi connectivity index (χ0) is 31.9. The van der Waals surface area contributed by atoms with E-state index >= 15 is 4.39 Å². The Morgan fingerprint density at radius 1 is 1.02 bits per heavy atom. The van der Waals surface area contributed by atoms with Gasteiger partial charge in [-0.05, 0) is 62.4 Å². The lowest BCUT2D eigenvalue weighted by molar-refractivity contribution is -0.139. The summed E-state index contributed by atoms with van der Waals surface area (Å²) in [5.41, 5.74) is 7.63. The monoisotopic (exact) mass is 625 g/mol. The van der Waals surface area contributed by atoms with Crippen molar-refractivity contribution in [3.63, 3.8) is 0 Å². The molecule has 2 unspecified atom stereocenters. The van der Waals surface area contributed by atoms with Crippen LogP contribution in [0.25, 0.3) is 0 Å². The number of fused-ring (bicyclic) bond motifs is 1. The third kappa shape index (κ3) is 7.99. The van der Waals surface area contributed by atoms with Gasteiger partial charge in [-0.3, -0.25) is 29.5 Å². The summed E-state index contributed by atoms with van der Waals surface area (Å²) in [6, 6.07) is 9.61. The third-order valence-corrected chi connectivity index (χ3v) is 8.77. The highest BCUT2D eigenvalue weighted by Gasteiger charge is 2.45. The molecule has 3 heterocycles. The minimum atomic E-state index is -1.44. The number of hydrogen-bond acceptors (Lipinski definition) is 9. The molecule has 244 valence electrons. The van der Waals surface area contributed by atoms with Crippen molar-refractivity contribution in [3.05, 3.63) is 58.9 Å². The normalized spacial score (nSPS) is 21.2. The molecule has 3 aliphatic heterocycles. The average Bonchev–Trinajstić information content (AvgIpc) is 3.26. The van der Waals surface area contributed by atoms with Crippen molar-refractivity contribution in [1.29, 1.82) is 0 Å². The first kappa shape index (κ1) is 32.8. The largest absolute Gasteiger partial charge is 0.494 e. The van der Waals surface area contributed by atoms with Crippen molar-refractivity contribution in [2.75, 3.05) is 57.4 Å². The van der Waals surface area contributed by atoms with E-state index in [4.69, 9.17) is 15.2 Å². The minimum Gasteiger partial charge on any atom is -0.494 e. The maximum Gasteiger partial charge on any atom is 0.257 e. The van der Waals surface area contributed by atoms with E-state index in [9.17, 15) is 19.5 Å². The van der Waals surface area contributed by atoms with Gasteiger partial charge in [0.2, 0.25) is 11.8 Å². The average molecular weight is 626 g/mol. The van der Waals surface area contributed by atoms with Crippen LogP contribution in [0.2, 0.25) is 0 Å². The van der Waals surface area contributed by atoms with Crippen molar-refractivity contribution >= 4 is 23.4 Å². The van der Waals surface area contributed by atoms with Crippen LogP contribution in [0.4, 0.5) is 10.1 Å². The van der Waals surface area contributed by atoms with Gasteiger partial charge in [0.05, 0.1) is 18.9 Å².